The Morgan fingerprint density at radius 3 is 3.16 bits per heavy atom. The van der Waals surface area contributed by atoms with Gasteiger partial charge in [-0.1, -0.05) is 6.92 Å². The van der Waals surface area contributed by atoms with Crippen LogP contribution in [0, 0.1) is 0 Å². The maximum atomic E-state index is 4.36. The van der Waals surface area contributed by atoms with Crippen molar-refractivity contribution in [3.8, 4) is 0 Å². The molecule has 0 aliphatic carbocycles. The van der Waals surface area contributed by atoms with Crippen LogP contribution in [0.2, 0.25) is 0 Å². The van der Waals surface area contributed by atoms with Crippen LogP contribution in [0.5, 0.6) is 0 Å². The van der Waals surface area contributed by atoms with Crippen LogP contribution in [0.25, 0.3) is 10.2 Å². The summed E-state index contributed by atoms with van der Waals surface area (Å²) in [6.45, 7) is 8.98. The van der Waals surface area contributed by atoms with Crippen LogP contribution in [0.4, 0.5) is 5.69 Å². The first kappa shape index (κ1) is 12.9. The molecule has 0 spiro atoms. The lowest BCUT2D eigenvalue weighted by Crippen LogP contribution is -2.62. The van der Waals surface area contributed by atoms with E-state index in [1.807, 2.05) is 5.51 Å². The van der Waals surface area contributed by atoms with Gasteiger partial charge in [0.1, 0.15) is 0 Å². The summed E-state index contributed by atoms with van der Waals surface area (Å²) >= 11 is 1.72. The standard InChI is InChI=1S/C15H21N3S/c1-4-15(3)9-18(11(2)8-17-15)12-5-6-13-14(7-12)19-10-16-13/h5-7,10-11,17H,4,8-9H2,1-3H3. The molecule has 0 bridgehead atoms. The van der Waals surface area contributed by atoms with Crippen LogP contribution >= 0.6 is 11.3 Å². The second-order valence-corrected chi connectivity index (χ2v) is 6.66. The van der Waals surface area contributed by atoms with Crippen LogP contribution in [0.15, 0.2) is 23.7 Å². The Bertz CT molecular complexity index is 580. The molecule has 0 radical (unpaired) electrons. The molecular weight excluding hydrogens is 254 g/mol. The quantitative estimate of drug-likeness (QED) is 0.912. The Hall–Kier alpha value is -1.13. The molecule has 102 valence electrons. The third kappa shape index (κ3) is 2.35. The van der Waals surface area contributed by atoms with Gasteiger partial charge in [-0.3, -0.25) is 0 Å². The predicted octanol–water partition coefficient (Wildman–Crippen LogP) is 3.26. The number of nitrogens with one attached hydrogen (secondary N) is 1. The minimum absolute atomic E-state index is 0.217. The third-order valence-electron chi connectivity index (χ3n) is 4.30. The van der Waals surface area contributed by atoms with Gasteiger partial charge in [0.15, 0.2) is 0 Å². The van der Waals surface area contributed by atoms with E-state index in [-0.39, 0.29) is 5.54 Å². The Balaban J connectivity index is 1.94. The normalized spacial score (nSPS) is 27.9. The average Bonchev–Trinajstić information content (AvgIpc) is 2.89. The number of rotatable bonds is 2. The fraction of sp³-hybridized carbons (Fsp3) is 0.533. The molecule has 2 atom stereocenters. The van der Waals surface area contributed by atoms with Crippen molar-refractivity contribution >= 4 is 27.2 Å². The number of nitrogens with zero attached hydrogens (tertiary/aromatic N) is 2. The molecule has 1 saturated heterocycles. The van der Waals surface area contributed by atoms with Crippen LogP contribution in [-0.2, 0) is 0 Å². The molecule has 1 aliphatic heterocycles. The number of thiazole rings is 1. The molecule has 2 unspecified atom stereocenters. The molecule has 2 heterocycles. The highest BCUT2D eigenvalue weighted by Gasteiger charge is 2.32. The fourth-order valence-electron chi connectivity index (χ4n) is 2.70. The zero-order valence-corrected chi connectivity index (χ0v) is 12.6. The molecule has 1 aliphatic rings. The SMILES string of the molecule is CCC1(C)CN(c2ccc3ncsc3c2)C(C)CN1. The molecule has 1 aromatic heterocycles. The highest BCUT2D eigenvalue weighted by molar-refractivity contribution is 7.16. The number of benzene rings is 1. The lowest BCUT2D eigenvalue weighted by molar-refractivity contribution is 0.286. The maximum Gasteiger partial charge on any atom is 0.0813 e. The van der Waals surface area contributed by atoms with Crippen molar-refractivity contribution in [2.24, 2.45) is 0 Å². The highest BCUT2D eigenvalue weighted by Crippen LogP contribution is 2.29. The van der Waals surface area contributed by atoms with Crippen LogP contribution < -0.4 is 10.2 Å². The van der Waals surface area contributed by atoms with Gasteiger partial charge < -0.3 is 10.2 Å². The topological polar surface area (TPSA) is 28.2 Å². The van der Waals surface area contributed by atoms with Crippen molar-refractivity contribution < 1.29 is 0 Å². The van der Waals surface area contributed by atoms with Crippen LogP contribution in [-0.4, -0.2) is 29.7 Å². The smallest absolute Gasteiger partial charge is 0.0813 e. The molecule has 19 heavy (non-hydrogen) atoms. The van der Waals surface area contributed by atoms with E-state index in [4.69, 9.17) is 0 Å². The second kappa shape index (κ2) is 4.76. The van der Waals surface area contributed by atoms with Gasteiger partial charge in [0.05, 0.1) is 15.7 Å². The molecule has 4 heteroatoms. The molecule has 1 N–H and O–H groups in total. The first-order valence-corrected chi connectivity index (χ1v) is 7.84. The highest BCUT2D eigenvalue weighted by atomic mass is 32.1. The van der Waals surface area contributed by atoms with Crippen molar-refractivity contribution in [1.82, 2.24) is 10.3 Å². The zero-order valence-electron chi connectivity index (χ0n) is 11.8. The molecule has 3 nitrogen and oxygen atoms in total. The fourth-order valence-corrected chi connectivity index (χ4v) is 3.41. The largest absolute Gasteiger partial charge is 0.366 e. The summed E-state index contributed by atoms with van der Waals surface area (Å²) in [5.41, 5.74) is 4.57. The van der Waals surface area contributed by atoms with Crippen LogP contribution in [0.3, 0.4) is 0 Å². The molecule has 1 aromatic carbocycles. The molecule has 0 amide bonds. The summed E-state index contributed by atoms with van der Waals surface area (Å²) in [4.78, 5) is 6.88. The van der Waals surface area contributed by atoms with E-state index >= 15 is 0 Å². The van der Waals surface area contributed by atoms with Crippen molar-refractivity contribution in [1.29, 1.82) is 0 Å². The summed E-state index contributed by atoms with van der Waals surface area (Å²) < 4.78 is 1.28. The van der Waals surface area contributed by atoms with Gasteiger partial charge in [0.25, 0.3) is 0 Å². The monoisotopic (exact) mass is 275 g/mol. The molecule has 0 saturated carbocycles. The van der Waals surface area contributed by atoms with Gasteiger partial charge >= 0.3 is 0 Å². The Morgan fingerprint density at radius 2 is 2.37 bits per heavy atom. The zero-order chi connectivity index (χ0) is 13.5. The first-order valence-electron chi connectivity index (χ1n) is 6.96. The van der Waals surface area contributed by atoms with E-state index in [0.29, 0.717) is 6.04 Å². The van der Waals surface area contributed by atoms with Gasteiger partial charge in [0, 0.05) is 30.4 Å². The number of anilines is 1. The third-order valence-corrected chi connectivity index (χ3v) is 5.09. The van der Waals surface area contributed by atoms with Crippen molar-refractivity contribution in [2.45, 2.75) is 38.8 Å². The lowest BCUT2D eigenvalue weighted by Gasteiger charge is -2.46. The van der Waals surface area contributed by atoms with Crippen molar-refractivity contribution in [2.75, 3.05) is 18.0 Å². The minimum atomic E-state index is 0.217. The van der Waals surface area contributed by atoms with Gasteiger partial charge in [-0.15, -0.1) is 11.3 Å². The van der Waals surface area contributed by atoms with Crippen molar-refractivity contribution in [3.05, 3.63) is 23.7 Å². The summed E-state index contributed by atoms with van der Waals surface area (Å²) in [5.74, 6) is 0. The van der Waals surface area contributed by atoms with Gasteiger partial charge in [-0.2, -0.15) is 0 Å². The van der Waals surface area contributed by atoms with Crippen LogP contribution in [0.1, 0.15) is 27.2 Å². The van der Waals surface area contributed by atoms with E-state index in [1.54, 1.807) is 11.3 Å². The molecule has 2 aromatic rings. The Labute approximate surface area is 118 Å². The molecule has 3 rings (SSSR count). The summed E-state index contributed by atoms with van der Waals surface area (Å²) in [6.07, 6.45) is 1.15. The van der Waals surface area contributed by atoms with Gasteiger partial charge in [0.2, 0.25) is 0 Å². The Morgan fingerprint density at radius 1 is 1.53 bits per heavy atom. The lowest BCUT2D eigenvalue weighted by atomic mass is 9.93. The van der Waals surface area contributed by atoms with E-state index < -0.39 is 0 Å². The van der Waals surface area contributed by atoms with Gasteiger partial charge in [-0.05, 0) is 38.5 Å². The average molecular weight is 275 g/mol. The van der Waals surface area contributed by atoms with Gasteiger partial charge in [-0.25, -0.2) is 4.98 Å². The van der Waals surface area contributed by atoms with E-state index in [2.05, 4.69) is 54.2 Å². The van der Waals surface area contributed by atoms with Crippen molar-refractivity contribution in [3.63, 3.8) is 0 Å². The minimum Gasteiger partial charge on any atom is -0.366 e. The number of fused-ring (bicyclic) bond motifs is 1. The number of piperazine rings is 1. The number of hydrogen-bond acceptors (Lipinski definition) is 4. The van der Waals surface area contributed by atoms with E-state index in [0.717, 1.165) is 25.0 Å². The predicted molar refractivity (Wildman–Crippen MR) is 83.1 cm³/mol. The Kier molecular flexibility index (Phi) is 3.23. The molecular formula is C15H21N3S. The summed E-state index contributed by atoms with van der Waals surface area (Å²) in [7, 11) is 0. The maximum absolute atomic E-state index is 4.36. The number of aromatic nitrogens is 1. The first-order chi connectivity index (χ1) is 9.11. The summed E-state index contributed by atoms with van der Waals surface area (Å²) in [5, 5.41) is 3.68. The second-order valence-electron chi connectivity index (χ2n) is 5.78. The molecule has 1 fully saturated rings. The van der Waals surface area contributed by atoms with E-state index in [9.17, 15) is 0 Å². The van der Waals surface area contributed by atoms with E-state index in [1.165, 1.54) is 10.4 Å². The summed E-state index contributed by atoms with van der Waals surface area (Å²) in [6, 6.07) is 7.16. The number of hydrogen-bond donors (Lipinski definition) is 1.